The number of carbonyl (C=O) groups is 1. The molecule has 0 radical (unpaired) electrons. The molecule has 2 aromatic heterocycles. The topological polar surface area (TPSA) is 99.2 Å². The van der Waals surface area contributed by atoms with E-state index in [4.69, 9.17) is 27.2 Å². The van der Waals surface area contributed by atoms with Crippen LogP contribution in [0.1, 0.15) is 24.4 Å². The highest BCUT2D eigenvalue weighted by Crippen LogP contribution is 2.37. The molecule has 1 saturated heterocycles. The summed E-state index contributed by atoms with van der Waals surface area (Å²) in [5, 5.41) is 6.03. The van der Waals surface area contributed by atoms with Crippen molar-refractivity contribution in [2.24, 2.45) is 0 Å². The molecule has 2 N–H and O–H groups in total. The zero-order chi connectivity index (χ0) is 24.4. The Balaban J connectivity index is 1.48. The van der Waals surface area contributed by atoms with Crippen LogP contribution in [0.25, 0.3) is 22.3 Å². The van der Waals surface area contributed by atoms with E-state index in [0.29, 0.717) is 53.0 Å². The number of carbonyl (C=O) groups excluding carboxylic acids is 1. The molecule has 1 aliphatic heterocycles. The Morgan fingerprint density at radius 2 is 2.06 bits per heavy atom. The normalized spacial score (nSPS) is 15.8. The molecule has 178 valence electrons. The summed E-state index contributed by atoms with van der Waals surface area (Å²) in [5.74, 6) is 0.836. The number of ether oxygens (including phenoxy) is 1. The van der Waals surface area contributed by atoms with Crippen LogP contribution in [0.15, 0.2) is 67.5 Å². The van der Waals surface area contributed by atoms with E-state index >= 15 is 0 Å². The molecule has 0 saturated carbocycles. The number of nitrogens with zero attached hydrogens (tertiary/aromatic N) is 5. The van der Waals surface area contributed by atoms with E-state index in [9.17, 15) is 4.79 Å². The fourth-order valence-electron chi connectivity index (χ4n) is 4.44. The van der Waals surface area contributed by atoms with E-state index in [0.717, 1.165) is 24.0 Å². The Morgan fingerprint density at radius 3 is 2.83 bits per heavy atom. The van der Waals surface area contributed by atoms with Crippen molar-refractivity contribution in [3.8, 4) is 17.0 Å². The second-order valence-electron chi connectivity index (χ2n) is 8.45. The number of rotatable bonds is 6. The summed E-state index contributed by atoms with van der Waals surface area (Å²) in [6.07, 6.45) is 4.51. The second kappa shape index (κ2) is 9.76. The van der Waals surface area contributed by atoms with Crippen molar-refractivity contribution in [3.05, 3.63) is 78.1 Å². The van der Waals surface area contributed by atoms with Crippen LogP contribution >= 0.6 is 11.6 Å². The summed E-state index contributed by atoms with van der Waals surface area (Å²) in [5.41, 5.74) is 9.38. The number of benzene rings is 2. The van der Waals surface area contributed by atoms with Gasteiger partial charge in [-0.2, -0.15) is 5.10 Å². The Kier molecular flexibility index (Phi) is 6.37. The number of fused-ring (bicyclic) bond motifs is 1. The number of hydrogen-bond acceptors (Lipinski definition) is 6. The summed E-state index contributed by atoms with van der Waals surface area (Å²) in [6, 6.07) is 15.4. The van der Waals surface area contributed by atoms with Gasteiger partial charge in [-0.3, -0.25) is 4.79 Å². The van der Waals surface area contributed by atoms with Gasteiger partial charge in [-0.05, 0) is 42.7 Å². The first-order valence-electron chi connectivity index (χ1n) is 11.4. The van der Waals surface area contributed by atoms with Gasteiger partial charge in [0, 0.05) is 18.7 Å². The zero-order valence-corrected chi connectivity index (χ0v) is 19.9. The number of anilines is 1. The summed E-state index contributed by atoms with van der Waals surface area (Å²) >= 11 is 6.59. The highest BCUT2D eigenvalue weighted by molar-refractivity contribution is 6.32. The van der Waals surface area contributed by atoms with Crippen molar-refractivity contribution in [3.63, 3.8) is 0 Å². The highest BCUT2D eigenvalue weighted by Gasteiger charge is 2.28. The second-order valence-corrected chi connectivity index (χ2v) is 8.86. The molecule has 5 rings (SSSR count). The molecule has 0 spiro atoms. The van der Waals surface area contributed by atoms with Gasteiger partial charge in [0.1, 0.15) is 30.2 Å². The molecule has 1 atom stereocenters. The van der Waals surface area contributed by atoms with Crippen LogP contribution in [-0.4, -0.2) is 43.6 Å². The van der Waals surface area contributed by atoms with E-state index < -0.39 is 0 Å². The number of hydrogen-bond donors (Lipinski definition) is 1. The van der Waals surface area contributed by atoms with Gasteiger partial charge in [0.2, 0.25) is 5.91 Å². The first kappa shape index (κ1) is 22.9. The Morgan fingerprint density at radius 1 is 1.23 bits per heavy atom. The van der Waals surface area contributed by atoms with Crippen LogP contribution < -0.4 is 10.5 Å². The van der Waals surface area contributed by atoms with Crippen molar-refractivity contribution in [1.82, 2.24) is 24.6 Å². The lowest BCUT2D eigenvalue weighted by molar-refractivity contribution is -0.127. The molecule has 2 aromatic carbocycles. The quantitative estimate of drug-likeness (QED) is 0.396. The summed E-state index contributed by atoms with van der Waals surface area (Å²) in [6.45, 7) is 5.25. The fourth-order valence-corrected chi connectivity index (χ4v) is 4.67. The van der Waals surface area contributed by atoms with Crippen LogP contribution in [-0.2, 0) is 11.4 Å². The SMILES string of the molecule is C=CC(=O)N1CCCC(n2nc(-c3ccc(OCc4ccccc4)c(Cl)c3)c3c(N)ncnc32)C1. The molecule has 9 heteroatoms. The molecule has 1 unspecified atom stereocenters. The highest BCUT2D eigenvalue weighted by atomic mass is 35.5. The van der Waals surface area contributed by atoms with Gasteiger partial charge in [-0.1, -0.05) is 48.5 Å². The number of nitrogen functional groups attached to an aromatic ring is 1. The molecule has 1 amide bonds. The molecule has 35 heavy (non-hydrogen) atoms. The van der Waals surface area contributed by atoms with Crippen molar-refractivity contribution in [1.29, 1.82) is 0 Å². The zero-order valence-electron chi connectivity index (χ0n) is 19.1. The summed E-state index contributed by atoms with van der Waals surface area (Å²) in [7, 11) is 0. The minimum Gasteiger partial charge on any atom is -0.487 e. The molecule has 0 bridgehead atoms. The first-order chi connectivity index (χ1) is 17.0. The van der Waals surface area contributed by atoms with Gasteiger partial charge < -0.3 is 15.4 Å². The molecule has 1 aliphatic rings. The third-order valence-electron chi connectivity index (χ3n) is 6.19. The molecule has 0 aliphatic carbocycles. The number of amides is 1. The third kappa shape index (κ3) is 4.57. The lowest BCUT2D eigenvalue weighted by atomic mass is 10.1. The minimum absolute atomic E-state index is 0.0397. The predicted octanol–water partition coefficient (Wildman–Crippen LogP) is 4.66. The first-order valence-corrected chi connectivity index (χ1v) is 11.8. The molecule has 4 aromatic rings. The van der Waals surface area contributed by atoms with Gasteiger partial charge >= 0.3 is 0 Å². The van der Waals surface area contributed by atoms with Crippen molar-refractivity contribution < 1.29 is 9.53 Å². The van der Waals surface area contributed by atoms with E-state index in [1.165, 1.54) is 12.4 Å². The number of likely N-dealkylation sites (tertiary alicyclic amines) is 1. The van der Waals surface area contributed by atoms with Crippen molar-refractivity contribution in [2.75, 3.05) is 18.8 Å². The van der Waals surface area contributed by atoms with Gasteiger partial charge in [-0.15, -0.1) is 0 Å². The predicted molar refractivity (Wildman–Crippen MR) is 136 cm³/mol. The van der Waals surface area contributed by atoms with Crippen LogP contribution in [0.4, 0.5) is 5.82 Å². The maximum absolute atomic E-state index is 12.2. The minimum atomic E-state index is -0.0848. The molecule has 1 fully saturated rings. The van der Waals surface area contributed by atoms with E-state index in [-0.39, 0.29) is 11.9 Å². The Bertz CT molecular complexity index is 1390. The molecule has 3 heterocycles. The van der Waals surface area contributed by atoms with Crippen LogP contribution in [0.2, 0.25) is 5.02 Å². The maximum Gasteiger partial charge on any atom is 0.246 e. The number of nitrogens with two attached hydrogens (primary N) is 1. The standard InChI is InChI=1S/C26H25ClN6O2/c1-2-22(34)32-12-6-9-19(14-32)33-26-23(25(28)29-16-30-26)24(31-33)18-10-11-21(20(27)13-18)35-15-17-7-4-3-5-8-17/h2-5,7-8,10-11,13,16,19H,1,6,9,12,14-15H2,(H2,28,29,30). The van der Waals surface area contributed by atoms with E-state index in [1.807, 2.05) is 53.2 Å². The average molecular weight is 489 g/mol. The van der Waals surface area contributed by atoms with Gasteiger partial charge in [-0.25, -0.2) is 14.6 Å². The van der Waals surface area contributed by atoms with Crippen LogP contribution in [0, 0.1) is 0 Å². The molecular weight excluding hydrogens is 464 g/mol. The Labute approximate surface area is 208 Å². The lowest BCUT2D eigenvalue weighted by Gasteiger charge is -2.32. The largest absolute Gasteiger partial charge is 0.487 e. The monoisotopic (exact) mass is 488 g/mol. The van der Waals surface area contributed by atoms with E-state index in [2.05, 4.69) is 16.5 Å². The number of aromatic nitrogens is 4. The van der Waals surface area contributed by atoms with E-state index in [1.54, 1.807) is 4.90 Å². The van der Waals surface area contributed by atoms with Crippen molar-refractivity contribution in [2.45, 2.75) is 25.5 Å². The molecular formula is C26H25ClN6O2. The number of halogens is 1. The lowest BCUT2D eigenvalue weighted by Crippen LogP contribution is -2.40. The summed E-state index contributed by atoms with van der Waals surface area (Å²) < 4.78 is 7.78. The third-order valence-corrected chi connectivity index (χ3v) is 6.48. The van der Waals surface area contributed by atoms with Crippen molar-refractivity contribution >= 4 is 34.4 Å². The Hall–Kier alpha value is -3.91. The fraction of sp³-hybridized carbons (Fsp3) is 0.231. The van der Waals surface area contributed by atoms with Gasteiger partial charge in [0.15, 0.2) is 5.65 Å². The average Bonchev–Trinajstić information content (AvgIpc) is 3.29. The maximum atomic E-state index is 12.2. The van der Waals surface area contributed by atoms with Gasteiger partial charge in [0.25, 0.3) is 0 Å². The van der Waals surface area contributed by atoms with Gasteiger partial charge in [0.05, 0.1) is 16.5 Å². The molecule has 8 nitrogen and oxygen atoms in total. The smallest absolute Gasteiger partial charge is 0.246 e. The van der Waals surface area contributed by atoms with Crippen LogP contribution in [0.5, 0.6) is 5.75 Å². The number of piperidine rings is 1. The summed E-state index contributed by atoms with van der Waals surface area (Å²) in [4.78, 5) is 22.7. The van der Waals surface area contributed by atoms with Crippen LogP contribution in [0.3, 0.4) is 0 Å².